The number of rotatable bonds is 8. The number of carbonyl (C=O) groups excluding carboxylic acids is 1. The Kier molecular flexibility index (Phi) is 6.42. The number of carbonyl (C=O) groups is 2. The topological polar surface area (TPSA) is 66.4 Å². The highest BCUT2D eigenvalue weighted by Gasteiger charge is 2.15. The second-order valence-electron chi connectivity index (χ2n) is 4.51. The van der Waals surface area contributed by atoms with Crippen molar-refractivity contribution in [3.05, 3.63) is 34.9 Å². The van der Waals surface area contributed by atoms with Crippen molar-refractivity contribution < 1.29 is 14.7 Å². The van der Waals surface area contributed by atoms with Crippen molar-refractivity contribution in [2.24, 2.45) is 0 Å². The van der Waals surface area contributed by atoms with Gasteiger partial charge in [0.05, 0.1) is 0 Å². The Bertz CT molecular complexity index is 428. The van der Waals surface area contributed by atoms with Gasteiger partial charge in [0.2, 0.25) is 6.41 Å². The van der Waals surface area contributed by atoms with E-state index in [2.05, 4.69) is 37.4 Å². The summed E-state index contributed by atoms with van der Waals surface area (Å²) in [5, 5.41) is 11.2. The van der Waals surface area contributed by atoms with Crippen molar-refractivity contribution in [2.75, 3.05) is 5.75 Å². The van der Waals surface area contributed by atoms with Crippen LogP contribution in [0.1, 0.15) is 23.1 Å². The molecule has 0 aliphatic carbocycles. The van der Waals surface area contributed by atoms with Gasteiger partial charge in [0.1, 0.15) is 6.04 Å². The summed E-state index contributed by atoms with van der Waals surface area (Å²) >= 11 is 1.68. The number of nitrogens with one attached hydrogen (secondary N) is 1. The zero-order valence-electron chi connectivity index (χ0n) is 11.2. The Morgan fingerprint density at radius 1 is 1.37 bits per heavy atom. The van der Waals surface area contributed by atoms with Crippen molar-refractivity contribution in [2.45, 2.75) is 32.1 Å². The lowest BCUT2D eigenvalue weighted by Gasteiger charge is -2.10. The molecule has 0 heterocycles. The van der Waals surface area contributed by atoms with Gasteiger partial charge in [-0.25, -0.2) is 4.79 Å². The summed E-state index contributed by atoms with van der Waals surface area (Å²) in [5.74, 6) is 0.569. The van der Waals surface area contributed by atoms with Crippen LogP contribution in [0.2, 0.25) is 0 Å². The zero-order valence-corrected chi connectivity index (χ0v) is 12.0. The van der Waals surface area contributed by atoms with E-state index in [4.69, 9.17) is 5.11 Å². The maximum Gasteiger partial charge on any atom is 0.326 e. The van der Waals surface area contributed by atoms with Crippen LogP contribution in [-0.2, 0) is 15.3 Å². The van der Waals surface area contributed by atoms with Crippen LogP contribution in [0.25, 0.3) is 0 Å². The van der Waals surface area contributed by atoms with Crippen LogP contribution in [0, 0.1) is 13.8 Å². The number of hydrogen-bond acceptors (Lipinski definition) is 3. The third kappa shape index (κ3) is 5.79. The summed E-state index contributed by atoms with van der Waals surface area (Å²) < 4.78 is 0. The molecule has 0 radical (unpaired) electrons. The minimum absolute atomic E-state index is 0.434. The molecule has 0 fully saturated rings. The van der Waals surface area contributed by atoms with E-state index in [1.165, 1.54) is 16.7 Å². The molecule has 0 bridgehead atoms. The Morgan fingerprint density at radius 2 is 2.00 bits per heavy atom. The van der Waals surface area contributed by atoms with Gasteiger partial charge >= 0.3 is 5.97 Å². The van der Waals surface area contributed by atoms with E-state index in [-0.39, 0.29) is 0 Å². The fraction of sp³-hybridized carbons (Fsp3) is 0.429. The van der Waals surface area contributed by atoms with Gasteiger partial charge in [0, 0.05) is 5.75 Å². The van der Waals surface area contributed by atoms with E-state index in [9.17, 15) is 9.59 Å². The number of hydrogen-bond donors (Lipinski definition) is 2. The Labute approximate surface area is 117 Å². The summed E-state index contributed by atoms with van der Waals surface area (Å²) in [6.07, 6.45) is 0.872. The van der Waals surface area contributed by atoms with Crippen LogP contribution in [0.5, 0.6) is 0 Å². The van der Waals surface area contributed by atoms with Gasteiger partial charge in [-0.3, -0.25) is 4.79 Å². The number of carboxylic acid groups (broad SMARTS) is 1. The van der Waals surface area contributed by atoms with Crippen LogP contribution >= 0.6 is 11.8 Å². The Morgan fingerprint density at radius 3 is 2.53 bits per heavy atom. The van der Waals surface area contributed by atoms with Crippen molar-refractivity contribution in [1.29, 1.82) is 0 Å². The summed E-state index contributed by atoms with van der Waals surface area (Å²) in [5.41, 5.74) is 3.72. The first-order valence-corrected chi connectivity index (χ1v) is 7.26. The smallest absolute Gasteiger partial charge is 0.326 e. The molecule has 1 amide bonds. The standard InChI is InChI=1S/C14H19NO3S/c1-10-5-11(2)7-12(6-10)8-19-4-3-13(14(17)18)15-9-16/h5-7,9,13H,3-4,8H2,1-2H3,(H,15,16)(H,17,18). The van der Waals surface area contributed by atoms with E-state index < -0.39 is 12.0 Å². The Hall–Kier alpha value is -1.49. The highest BCUT2D eigenvalue weighted by Crippen LogP contribution is 2.17. The highest BCUT2D eigenvalue weighted by atomic mass is 32.2. The van der Waals surface area contributed by atoms with Crippen molar-refractivity contribution in [3.63, 3.8) is 0 Å². The molecule has 2 N–H and O–H groups in total. The molecular weight excluding hydrogens is 262 g/mol. The molecule has 1 unspecified atom stereocenters. The second-order valence-corrected chi connectivity index (χ2v) is 5.62. The number of aliphatic carboxylic acids is 1. The fourth-order valence-electron chi connectivity index (χ4n) is 1.90. The third-order valence-electron chi connectivity index (χ3n) is 2.67. The lowest BCUT2D eigenvalue weighted by Crippen LogP contribution is -2.36. The molecule has 19 heavy (non-hydrogen) atoms. The lowest BCUT2D eigenvalue weighted by molar-refractivity contribution is -0.140. The summed E-state index contributed by atoms with van der Waals surface area (Å²) in [6, 6.07) is 5.61. The highest BCUT2D eigenvalue weighted by molar-refractivity contribution is 7.98. The number of aryl methyl sites for hydroxylation is 2. The van der Waals surface area contributed by atoms with Gasteiger partial charge in [-0.1, -0.05) is 29.3 Å². The first-order chi connectivity index (χ1) is 9.02. The molecule has 1 atom stereocenters. The lowest BCUT2D eigenvalue weighted by atomic mass is 10.1. The minimum Gasteiger partial charge on any atom is -0.480 e. The molecule has 104 valence electrons. The normalized spacial score (nSPS) is 11.9. The molecule has 4 nitrogen and oxygen atoms in total. The largest absolute Gasteiger partial charge is 0.480 e. The molecular formula is C14H19NO3S. The molecule has 0 saturated heterocycles. The first kappa shape index (κ1) is 15.6. The SMILES string of the molecule is Cc1cc(C)cc(CSCCC(NC=O)C(=O)O)c1. The van der Waals surface area contributed by atoms with Crippen molar-refractivity contribution >= 4 is 24.1 Å². The van der Waals surface area contributed by atoms with Gasteiger partial charge < -0.3 is 10.4 Å². The van der Waals surface area contributed by atoms with E-state index >= 15 is 0 Å². The van der Waals surface area contributed by atoms with Gasteiger partial charge in [0.25, 0.3) is 0 Å². The van der Waals surface area contributed by atoms with Gasteiger partial charge in [-0.05, 0) is 31.6 Å². The van der Waals surface area contributed by atoms with Crippen LogP contribution < -0.4 is 5.32 Å². The number of thioether (sulfide) groups is 1. The van der Waals surface area contributed by atoms with Crippen LogP contribution in [0.3, 0.4) is 0 Å². The monoisotopic (exact) mass is 281 g/mol. The molecule has 1 rings (SSSR count). The third-order valence-corrected chi connectivity index (χ3v) is 3.73. The van der Waals surface area contributed by atoms with Crippen molar-refractivity contribution in [1.82, 2.24) is 5.32 Å². The fourth-order valence-corrected chi connectivity index (χ4v) is 2.85. The average Bonchev–Trinajstić information content (AvgIpc) is 2.31. The molecule has 1 aromatic rings. The second kappa shape index (κ2) is 7.84. The van der Waals surface area contributed by atoms with E-state index in [1.807, 2.05) is 0 Å². The van der Waals surface area contributed by atoms with E-state index in [1.54, 1.807) is 11.8 Å². The molecule has 0 aliphatic heterocycles. The maximum absolute atomic E-state index is 10.8. The molecule has 1 aromatic carbocycles. The van der Waals surface area contributed by atoms with Crippen LogP contribution in [-0.4, -0.2) is 29.3 Å². The number of benzene rings is 1. The summed E-state index contributed by atoms with van der Waals surface area (Å²) in [6.45, 7) is 4.13. The maximum atomic E-state index is 10.8. The van der Waals surface area contributed by atoms with Gasteiger partial charge in [0.15, 0.2) is 0 Å². The Balaban J connectivity index is 2.37. The van der Waals surface area contributed by atoms with Gasteiger partial charge in [-0.15, -0.1) is 0 Å². The van der Waals surface area contributed by atoms with Crippen LogP contribution in [0.15, 0.2) is 18.2 Å². The van der Waals surface area contributed by atoms with E-state index in [0.29, 0.717) is 18.6 Å². The van der Waals surface area contributed by atoms with E-state index in [0.717, 1.165) is 5.75 Å². The average molecular weight is 281 g/mol. The van der Waals surface area contributed by atoms with Crippen molar-refractivity contribution in [3.8, 4) is 0 Å². The predicted molar refractivity (Wildman–Crippen MR) is 77.3 cm³/mol. The molecule has 5 heteroatoms. The molecule has 0 spiro atoms. The summed E-state index contributed by atoms with van der Waals surface area (Å²) in [4.78, 5) is 21.1. The van der Waals surface area contributed by atoms with Gasteiger partial charge in [-0.2, -0.15) is 11.8 Å². The molecule has 0 aliphatic rings. The number of amides is 1. The summed E-state index contributed by atoms with van der Waals surface area (Å²) in [7, 11) is 0. The first-order valence-electron chi connectivity index (χ1n) is 6.10. The zero-order chi connectivity index (χ0) is 14.3. The molecule has 0 aromatic heterocycles. The van der Waals surface area contributed by atoms with Crippen LogP contribution in [0.4, 0.5) is 0 Å². The quantitative estimate of drug-likeness (QED) is 0.566. The molecule has 0 saturated carbocycles. The number of carboxylic acids is 1. The predicted octanol–water partition coefficient (Wildman–Crippen LogP) is 2.13. The minimum atomic E-state index is -0.987.